The maximum atomic E-state index is 11.0. The molecule has 0 aliphatic heterocycles. The molecule has 0 aliphatic rings. The molecule has 0 spiro atoms. The Balaban J connectivity index is 3.66. The molecular formula is C10H20O4. The fraction of sp³-hybridized carbons (Fsp3) is 0.900. The monoisotopic (exact) mass is 204 g/mol. The summed E-state index contributed by atoms with van der Waals surface area (Å²) in [6.07, 6.45) is -0.707. The van der Waals surface area contributed by atoms with Crippen LogP contribution in [-0.4, -0.2) is 24.2 Å². The van der Waals surface area contributed by atoms with Gasteiger partial charge in [0.15, 0.2) is 6.79 Å². The van der Waals surface area contributed by atoms with Gasteiger partial charge in [-0.1, -0.05) is 0 Å². The zero-order chi connectivity index (χ0) is 11.4. The van der Waals surface area contributed by atoms with Crippen molar-refractivity contribution >= 4 is 6.16 Å². The van der Waals surface area contributed by atoms with Crippen LogP contribution in [0.2, 0.25) is 0 Å². The summed E-state index contributed by atoms with van der Waals surface area (Å²) in [4.78, 5) is 11.0. The van der Waals surface area contributed by atoms with Crippen molar-refractivity contribution in [3.8, 4) is 0 Å². The van der Waals surface area contributed by atoms with Crippen molar-refractivity contribution in [2.24, 2.45) is 0 Å². The maximum Gasteiger partial charge on any atom is 0.510 e. The van der Waals surface area contributed by atoms with E-state index < -0.39 is 11.8 Å². The normalized spacial score (nSPS) is 12.4. The van der Waals surface area contributed by atoms with Gasteiger partial charge in [0.05, 0.1) is 5.60 Å². The third-order valence-corrected chi connectivity index (χ3v) is 1.06. The van der Waals surface area contributed by atoms with Crippen LogP contribution in [0.1, 0.15) is 41.5 Å². The Morgan fingerprint density at radius 1 is 1.00 bits per heavy atom. The number of rotatable bonds is 2. The van der Waals surface area contributed by atoms with Crippen molar-refractivity contribution in [3.63, 3.8) is 0 Å². The molecule has 0 fully saturated rings. The van der Waals surface area contributed by atoms with E-state index in [1.165, 1.54) is 0 Å². The lowest BCUT2D eigenvalue weighted by Crippen LogP contribution is -2.27. The van der Waals surface area contributed by atoms with Crippen molar-refractivity contribution in [1.29, 1.82) is 0 Å². The van der Waals surface area contributed by atoms with Crippen LogP contribution < -0.4 is 0 Å². The third kappa shape index (κ3) is 9.32. The molecule has 0 rings (SSSR count). The average Bonchev–Trinajstić information content (AvgIpc) is 1.78. The molecule has 0 heterocycles. The molecule has 0 radical (unpaired) electrons. The number of hydrogen-bond donors (Lipinski definition) is 0. The molecule has 0 bridgehead atoms. The zero-order valence-electron chi connectivity index (χ0n) is 9.84. The van der Waals surface area contributed by atoms with Gasteiger partial charge in [0.25, 0.3) is 0 Å². The molecule has 4 heteroatoms. The highest BCUT2D eigenvalue weighted by atomic mass is 16.8. The van der Waals surface area contributed by atoms with E-state index in [0.29, 0.717) is 0 Å². The van der Waals surface area contributed by atoms with E-state index in [1.807, 2.05) is 20.8 Å². The van der Waals surface area contributed by atoms with Crippen LogP contribution in [0.5, 0.6) is 0 Å². The van der Waals surface area contributed by atoms with Gasteiger partial charge in [0, 0.05) is 0 Å². The van der Waals surface area contributed by atoms with Crippen LogP contribution in [0.25, 0.3) is 0 Å². The predicted molar refractivity (Wildman–Crippen MR) is 53.0 cm³/mol. The van der Waals surface area contributed by atoms with E-state index in [2.05, 4.69) is 0 Å². The lowest BCUT2D eigenvalue weighted by Gasteiger charge is -2.21. The lowest BCUT2D eigenvalue weighted by atomic mass is 10.2. The summed E-state index contributed by atoms with van der Waals surface area (Å²) in [5.41, 5.74) is -0.846. The highest BCUT2D eigenvalue weighted by Crippen LogP contribution is 2.10. The quantitative estimate of drug-likeness (QED) is 0.512. The van der Waals surface area contributed by atoms with E-state index in [9.17, 15) is 4.79 Å². The highest BCUT2D eigenvalue weighted by Gasteiger charge is 2.18. The van der Waals surface area contributed by atoms with Crippen molar-refractivity contribution in [1.82, 2.24) is 0 Å². The second-order valence-corrected chi connectivity index (χ2v) is 4.98. The summed E-state index contributed by atoms with van der Waals surface area (Å²) in [6, 6.07) is 0. The summed E-state index contributed by atoms with van der Waals surface area (Å²) in [7, 11) is 0. The van der Waals surface area contributed by atoms with Crippen molar-refractivity contribution < 1.29 is 19.0 Å². The van der Waals surface area contributed by atoms with Crippen LogP contribution in [0.4, 0.5) is 4.79 Å². The molecule has 84 valence electrons. The molecule has 0 atom stereocenters. The standard InChI is InChI=1S/C10H20O4/c1-9(2,3)13-7-12-8(11)14-10(4,5)6/h7H2,1-6H3. The predicted octanol–water partition coefficient (Wildman–Crippen LogP) is 2.71. The molecule has 0 aromatic heterocycles. The Hall–Kier alpha value is -0.770. The van der Waals surface area contributed by atoms with E-state index in [4.69, 9.17) is 14.2 Å². The van der Waals surface area contributed by atoms with Crippen LogP contribution >= 0.6 is 0 Å². The maximum absolute atomic E-state index is 11.0. The number of hydrogen-bond acceptors (Lipinski definition) is 4. The third-order valence-electron chi connectivity index (χ3n) is 1.06. The Kier molecular flexibility index (Phi) is 4.39. The van der Waals surface area contributed by atoms with Gasteiger partial charge in [-0.15, -0.1) is 0 Å². The van der Waals surface area contributed by atoms with Gasteiger partial charge in [0.2, 0.25) is 0 Å². The van der Waals surface area contributed by atoms with Gasteiger partial charge in [0.1, 0.15) is 5.60 Å². The Bertz CT molecular complexity index is 185. The SMILES string of the molecule is CC(C)(C)OCOC(=O)OC(C)(C)C. The van der Waals surface area contributed by atoms with Crippen molar-refractivity contribution in [2.45, 2.75) is 52.7 Å². The molecule has 0 amide bonds. The summed E-state index contributed by atoms with van der Waals surface area (Å²) >= 11 is 0. The molecule has 0 saturated carbocycles. The number of carbonyl (C=O) groups excluding carboxylic acids is 1. The van der Waals surface area contributed by atoms with Gasteiger partial charge >= 0.3 is 6.16 Å². The van der Waals surface area contributed by atoms with E-state index in [0.717, 1.165) is 0 Å². The van der Waals surface area contributed by atoms with E-state index in [1.54, 1.807) is 20.8 Å². The fourth-order valence-electron chi connectivity index (χ4n) is 0.534. The summed E-state index contributed by atoms with van der Waals surface area (Å²) in [5, 5.41) is 0. The lowest BCUT2D eigenvalue weighted by molar-refractivity contribution is -0.115. The second-order valence-electron chi connectivity index (χ2n) is 4.98. The highest BCUT2D eigenvalue weighted by molar-refractivity contribution is 5.60. The largest absolute Gasteiger partial charge is 0.510 e. The first-order valence-corrected chi connectivity index (χ1v) is 4.60. The minimum absolute atomic E-state index is 0.0849. The van der Waals surface area contributed by atoms with Gasteiger partial charge in [-0.25, -0.2) is 4.79 Å². The first kappa shape index (κ1) is 13.2. The van der Waals surface area contributed by atoms with Gasteiger partial charge < -0.3 is 14.2 Å². The Morgan fingerprint density at radius 2 is 1.50 bits per heavy atom. The van der Waals surface area contributed by atoms with Crippen LogP contribution in [0, 0.1) is 0 Å². The molecule has 4 nitrogen and oxygen atoms in total. The molecule has 0 saturated heterocycles. The van der Waals surface area contributed by atoms with Crippen LogP contribution in [0.15, 0.2) is 0 Å². The topological polar surface area (TPSA) is 44.8 Å². The minimum Gasteiger partial charge on any atom is -0.429 e. The molecule has 0 aliphatic carbocycles. The summed E-state index contributed by atoms with van der Waals surface area (Å²) in [6.45, 7) is 10.9. The van der Waals surface area contributed by atoms with Crippen LogP contribution in [0.3, 0.4) is 0 Å². The summed E-state index contributed by atoms with van der Waals surface area (Å²) < 4.78 is 14.8. The average molecular weight is 204 g/mol. The van der Waals surface area contributed by atoms with Crippen LogP contribution in [-0.2, 0) is 14.2 Å². The smallest absolute Gasteiger partial charge is 0.429 e. The Labute approximate surface area is 85.5 Å². The van der Waals surface area contributed by atoms with Gasteiger partial charge in [-0.3, -0.25) is 0 Å². The molecule has 0 aromatic rings. The van der Waals surface area contributed by atoms with E-state index >= 15 is 0 Å². The van der Waals surface area contributed by atoms with Crippen molar-refractivity contribution in [2.75, 3.05) is 6.79 Å². The fourth-order valence-corrected chi connectivity index (χ4v) is 0.534. The molecule has 14 heavy (non-hydrogen) atoms. The first-order valence-electron chi connectivity index (χ1n) is 4.60. The number of ether oxygens (including phenoxy) is 3. The van der Waals surface area contributed by atoms with E-state index in [-0.39, 0.29) is 12.4 Å². The van der Waals surface area contributed by atoms with Gasteiger partial charge in [-0.2, -0.15) is 0 Å². The molecular weight excluding hydrogens is 184 g/mol. The molecule has 0 N–H and O–H groups in total. The van der Waals surface area contributed by atoms with Crippen molar-refractivity contribution in [3.05, 3.63) is 0 Å². The second kappa shape index (κ2) is 4.64. The number of carbonyl (C=O) groups is 1. The van der Waals surface area contributed by atoms with Gasteiger partial charge in [-0.05, 0) is 41.5 Å². The first-order chi connectivity index (χ1) is 6.10. The minimum atomic E-state index is -0.707. The summed E-state index contributed by atoms with van der Waals surface area (Å²) in [5.74, 6) is 0. The zero-order valence-corrected chi connectivity index (χ0v) is 9.84. The Morgan fingerprint density at radius 3 is 1.86 bits per heavy atom. The molecule has 0 aromatic carbocycles. The molecule has 0 unspecified atom stereocenters.